The van der Waals surface area contributed by atoms with Crippen molar-refractivity contribution in [1.82, 2.24) is 4.31 Å². The van der Waals surface area contributed by atoms with Crippen molar-refractivity contribution in [3.8, 4) is 0 Å². The molecule has 0 saturated carbocycles. The lowest BCUT2D eigenvalue weighted by molar-refractivity contribution is -0.00825. The molecular weight excluding hydrogens is 182 g/mol. The zero-order valence-electron chi connectivity index (χ0n) is 8.92. The second-order valence-corrected chi connectivity index (χ2v) is 4.97. The minimum absolute atomic E-state index is 0.149. The molecule has 1 saturated heterocycles. The Hall–Kier alpha value is 0.270. The van der Waals surface area contributed by atoms with Crippen molar-refractivity contribution in [2.24, 2.45) is 5.92 Å². The summed E-state index contributed by atoms with van der Waals surface area (Å²) in [6, 6.07) is 0. The third-order valence-corrected chi connectivity index (χ3v) is 3.13. The van der Waals surface area contributed by atoms with Gasteiger partial charge in [-0.05, 0) is 32.2 Å². The minimum atomic E-state index is 0.149. The normalized spacial score (nSPS) is 34.4. The molecule has 0 bridgehead atoms. The molecule has 2 unspecified atom stereocenters. The quantitative estimate of drug-likeness (QED) is 0.704. The van der Waals surface area contributed by atoms with Crippen LogP contribution in [0.25, 0.3) is 0 Å². The smallest absolute Gasteiger partial charge is 0.0696 e. The average molecular weight is 203 g/mol. The zero-order valence-corrected chi connectivity index (χ0v) is 9.81. The largest absolute Gasteiger partial charge is 0.375 e. The van der Waals surface area contributed by atoms with E-state index in [1.807, 2.05) is 11.4 Å². The summed E-state index contributed by atoms with van der Waals surface area (Å²) in [5.41, 5.74) is 0.149. The van der Waals surface area contributed by atoms with E-state index in [2.05, 4.69) is 26.7 Å². The van der Waals surface area contributed by atoms with Gasteiger partial charge in [-0.15, -0.1) is 0 Å². The molecule has 0 aromatic carbocycles. The molecular formula is C10H21NOS. The fourth-order valence-electron chi connectivity index (χ4n) is 2.03. The highest BCUT2D eigenvalue weighted by Crippen LogP contribution is 2.35. The van der Waals surface area contributed by atoms with Crippen LogP contribution in [0.3, 0.4) is 0 Å². The van der Waals surface area contributed by atoms with Gasteiger partial charge in [0, 0.05) is 13.2 Å². The molecule has 13 heavy (non-hydrogen) atoms. The van der Waals surface area contributed by atoms with Crippen LogP contribution >= 0.6 is 12.8 Å². The molecule has 0 radical (unpaired) electrons. The van der Waals surface area contributed by atoms with E-state index in [0.29, 0.717) is 0 Å². The highest BCUT2D eigenvalue weighted by molar-refractivity contribution is 7.77. The maximum atomic E-state index is 5.89. The summed E-state index contributed by atoms with van der Waals surface area (Å²) < 4.78 is 7.83. The molecule has 2 atom stereocenters. The molecule has 0 aromatic heterocycles. The lowest BCUT2D eigenvalue weighted by Gasteiger charge is -2.28. The van der Waals surface area contributed by atoms with Crippen LogP contribution < -0.4 is 0 Å². The Bertz CT molecular complexity index is 163. The van der Waals surface area contributed by atoms with Crippen molar-refractivity contribution in [3.63, 3.8) is 0 Å². The van der Waals surface area contributed by atoms with Crippen molar-refractivity contribution >= 4 is 12.8 Å². The molecule has 1 rings (SSSR count). The SMILES string of the molecule is CCC1(CCN(C)S)CC(C)CO1. The van der Waals surface area contributed by atoms with Gasteiger partial charge >= 0.3 is 0 Å². The van der Waals surface area contributed by atoms with Crippen molar-refractivity contribution in [3.05, 3.63) is 0 Å². The molecule has 3 heteroatoms. The fraction of sp³-hybridized carbons (Fsp3) is 1.00. The second-order valence-electron chi connectivity index (χ2n) is 4.29. The summed E-state index contributed by atoms with van der Waals surface area (Å²) in [6.45, 7) is 6.42. The Balaban J connectivity index is 2.41. The van der Waals surface area contributed by atoms with E-state index in [-0.39, 0.29) is 5.60 Å². The maximum Gasteiger partial charge on any atom is 0.0696 e. The number of hydrogen-bond donors (Lipinski definition) is 1. The topological polar surface area (TPSA) is 12.5 Å². The van der Waals surface area contributed by atoms with Gasteiger partial charge in [0.15, 0.2) is 0 Å². The van der Waals surface area contributed by atoms with Crippen LogP contribution in [0.5, 0.6) is 0 Å². The molecule has 0 aromatic rings. The van der Waals surface area contributed by atoms with Gasteiger partial charge in [-0.25, -0.2) is 0 Å². The highest BCUT2D eigenvalue weighted by atomic mass is 32.1. The molecule has 0 aliphatic carbocycles. The Morgan fingerprint density at radius 2 is 2.31 bits per heavy atom. The lowest BCUT2D eigenvalue weighted by atomic mass is 9.89. The summed E-state index contributed by atoms with van der Waals surface area (Å²) in [7, 11) is 1.99. The fourth-order valence-corrected chi connectivity index (χ4v) is 2.13. The molecule has 0 N–H and O–H groups in total. The molecule has 0 spiro atoms. The van der Waals surface area contributed by atoms with Crippen LogP contribution in [0.1, 0.15) is 33.1 Å². The Kier molecular flexibility index (Phi) is 4.07. The predicted molar refractivity (Wildman–Crippen MR) is 59.0 cm³/mol. The van der Waals surface area contributed by atoms with Gasteiger partial charge in [0.1, 0.15) is 0 Å². The van der Waals surface area contributed by atoms with Crippen molar-refractivity contribution in [2.75, 3.05) is 20.2 Å². The van der Waals surface area contributed by atoms with Crippen LogP contribution in [-0.2, 0) is 4.74 Å². The third-order valence-electron chi connectivity index (χ3n) is 2.93. The van der Waals surface area contributed by atoms with Crippen LogP contribution in [0, 0.1) is 5.92 Å². The van der Waals surface area contributed by atoms with Crippen LogP contribution in [0.4, 0.5) is 0 Å². The average Bonchev–Trinajstić information content (AvgIpc) is 2.45. The Morgan fingerprint density at radius 1 is 1.62 bits per heavy atom. The standard InChI is InChI=1S/C10H21NOS/c1-4-10(5-6-11(3)13)7-9(2)8-12-10/h9,13H,4-8H2,1-3H3. The molecule has 0 amide bonds. The van der Waals surface area contributed by atoms with Gasteiger partial charge in [0.05, 0.1) is 5.60 Å². The van der Waals surface area contributed by atoms with E-state index in [4.69, 9.17) is 4.74 Å². The van der Waals surface area contributed by atoms with Crippen molar-refractivity contribution in [2.45, 2.75) is 38.7 Å². The molecule has 78 valence electrons. The van der Waals surface area contributed by atoms with Gasteiger partial charge in [0.25, 0.3) is 0 Å². The second kappa shape index (κ2) is 4.67. The first-order valence-electron chi connectivity index (χ1n) is 5.12. The summed E-state index contributed by atoms with van der Waals surface area (Å²) in [5, 5.41) is 0. The lowest BCUT2D eigenvalue weighted by Crippen LogP contribution is -2.30. The van der Waals surface area contributed by atoms with E-state index in [9.17, 15) is 0 Å². The number of thiol groups is 1. The first kappa shape index (κ1) is 11.3. The molecule has 1 aliphatic heterocycles. The van der Waals surface area contributed by atoms with E-state index in [1.54, 1.807) is 0 Å². The summed E-state index contributed by atoms with van der Waals surface area (Å²) in [6.07, 6.45) is 3.44. The zero-order chi connectivity index (χ0) is 9.90. The first-order valence-corrected chi connectivity index (χ1v) is 5.52. The summed E-state index contributed by atoms with van der Waals surface area (Å²) >= 11 is 4.25. The third kappa shape index (κ3) is 3.15. The summed E-state index contributed by atoms with van der Waals surface area (Å²) in [5.74, 6) is 0.727. The minimum Gasteiger partial charge on any atom is -0.375 e. The van der Waals surface area contributed by atoms with Crippen molar-refractivity contribution < 1.29 is 4.74 Å². The number of hydrogen-bond acceptors (Lipinski definition) is 3. The molecule has 2 nitrogen and oxygen atoms in total. The number of ether oxygens (including phenoxy) is 1. The van der Waals surface area contributed by atoms with E-state index < -0.39 is 0 Å². The van der Waals surface area contributed by atoms with Crippen LogP contribution in [0.2, 0.25) is 0 Å². The van der Waals surface area contributed by atoms with Gasteiger partial charge in [0.2, 0.25) is 0 Å². The van der Waals surface area contributed by atoms with Gasteiger partial charge < -0.3 is 4.74 Å². The Labute approximate surface area is 87.2 Å². The maximum absolute atomic E-state index is 5.89. The van der Waals surface area contributed by atoms with Crippen LogP contribution in [0.15, 0.2) is 0 Å². The first-order chi connectivity index (χ1) is 6.08. The van der Waals surface area contributed by atoms with Crippen molar-refractivity contribution in [1.29, 1.82) is 0 Å². The molecule has 1 aliphatic rings. The van der Waals surface area contributed by atoms with E-state index in [1.165, 1.54) is 6.42 Å². The Morgan fingerprint density at radius 3 is 2.69 bits per heavy atom. The van der Waals surface area contributed by atoms with E-state index in [0.717, 1.165) is 31.9 Å². The molecule has 1 heterocycles. The highest BCUT2D eigenvalue weighted by Gasteiger charge is 2.36. The number of rotatable bonds is 4. The van der Waals surface area contributed by atoms with Gasteiger partial charge in [-0.1, -0.05) is 26.7 Å². The van der Waals surface area contributed by atoms with Crippen LogP contribution in [-0.4, -0.2) is 30.1 Å². The number of nitrogens with zero attached hydrogens (tertiary/aromatic N) is 1. The van der Waals surface area contributed by atoms with Gasteiger partial charge in [-0.3, -0.25) is 4.31 Å². The predicted octanol–water partition coefficient (Wildman–Crippen LogP) is 2.36. The monoisotopic (exact) mass is 203 g/mol. The summed E-state index contributed by atoms with van der Waals surface area (Å²) in [4.78, 5) is 0. The van der Waals surface area contributed by atoms with Gasteiger partial charge in [-0.2, -0.15) is 0 Å². The molecule has 1 fully saturated rings. The van der Waals surface area contributed by atoms with E-state index >= 15 is 0 Å².